The van der Waals surface area contributed by atoms with Gasteiger partial charge in [0, 0.05) is 11.7 Å². The Morgan fingerprint density at radius 1 is 1.35 bits per heavy atom. The van der Waals surface area contributed by atoms with Crippen LogP contribution in [0.25, 0.3) is 10.2 Å². The third kappa shape index (κ3) is 3.83. The summed E-state index contributed by atoms with van der Waals surface area (Å²) in [5.41, 5.74) is 2.49. The molecule has 1 amide bonds. The molecule has 1 N–H and O–H groups in total. The fraction of sp³-hybridized carbons (Fsp3) is 0.316. The standard InChI is InChI=1S/C19H21N3O2S2/c1-4-13(3)22-18(24)17-15(9-10-25-17)21-19(22)26-11-16(23)20-14-8-6-5-7-12(14)2/h5-10,13H,4,11H2,1-3H3,(H,20,23). The van der Waals surface area contributed by atoms with Gasteiger partial charge in [-0.1, -0.05) is 36.9 Å². The highest BCUT2D eigenvalue weighted by Crippen LogP contribution is 2.24. The number of carbonyl (C=O) groups is 1. The van der Waals surface area contributed by atoms with Gasteiger partial charge in [-0.2, -0.15) is 0 Å². The van der Waals surface area contributed by atoms with Crippen molar-refractivity contribution >= 4 is 44.9 Å². The number of carbonyl (C=O) groups excluding carboxylic acids is 1. The highest BCUT2D eigenvalue weighted by molar-refractivity contribution is 7.99. The highest BCUT2D eigenvalue weighted by atomic mass is 32.2. The van der Waals surface area contributed by atoms with Crippen molar-refractivity contribution in [2.24, 2.45) is 0 Å². The van der Waals surface area contributed by atoms with Crippen LogP contribution in [0.15, 0.2) is 45.7 Å². The quantitative estimate of drug-likeness (QED) is 0.501. The average molecular weight is 388 g/mol. The minimum absolute atomic E-state index is 0.0267. The lowest BCUT2D eigenvalue weighted by molar-refractivity contribution is -0.113. The summed E-state index contributed by atoms with van der Waals surface area (Å²) in [7, 11) is 0. The molecule has 5 nitrogen and oxygen atoms in total. The number of fused-ring (bicyclic) bond motifs is 1. The van der Waals surface area contributed by atoms with E-state index < -0.39 is 0 Å². The number of hydrogen-bond donors (Lipinski definition) is 1. The zero-order valence-corrected chi connectivity index (χ0v) is 16.6. The molecule has 1 aromatic carbocycles. The summed E-state index contributed by atoms with van der Waals surface area (Å²) in [6.45, 7) is 5.99. The number of aryl methyl sites for hydroxylation is 1. The highest BCUT2D eigenvalue weighted by Gasteiger charge is 2.17. The Morgan fingerprint density at radius 3 is 2.85 bits per heavy atom. The van der Waals surface area contributed by atoms with E-state index in [1.54, 1.807) is 4.57 Å². The maximum absolute atomic E-state index is 12.8. The number of benzene rings is 1. The van der Waals surface area contributed by atoms with Crippen LogP contribution in [0.4, 0.5) is 5.69 Å². The molecule has 7 heteroatoms. The van der Waals surface area contributed by atoms with Gasteiger partial charge < -0.3 is 5.32 Å². The molecule has 0 aliphatic carbocycles. The number of nitrogens with one attached hydrogen (secondary N) is 1. The summed E-state index contributed by atoms with van der Waals surface area (Å²) in [4.78, 5) is 29.8. The number of thiophene rings is 1. The summed E-state index contributed by atoms with van der Waals surface area (Å²) in [5.74, 6) is 0.0898. The number of thioether (sulfide) groups is 1. The molecule has 3 rings (SSSR count). The minimum atomic E-state index is -0.111. The molecular formula is C19H21N3O2S2. The van der Waals surface area contributed by atoms with Crippen LogP contribution in [0.3, 0.4) is 0 Å². The fourth-order valence-electron chi connectivity index (χ4n) is 2.61. The second-order valence-corrected chi connectivity index (χ2v) is 7.97. The summed E-state index contributed by atoms with van der Waals surface area (Å²) < 4.78 is 2.38. The Morgan fingerprint density at radius 2 is 2.12 bits per heavy atom. The van der Waals surface area contributed by atoms with Gasteiger partial charge in [-0.15, -0.1) is 11.3 Å². The summed E-state index contributed by atoms with van der Waals surface area (Å²) in [6, 6.07) is 9.54. The molecule has 0 fully saturated rings. The average Bonchev–Trinajstić information content (AvgIpc) is 3.10. The third-order valence-electron chi connectivity index (χ3n) is 4.26. The van der Waals surface area contributed by atoms with Gasteiger partial charge in [0.1, 0.15) is 4.70 Å². The SMILES string of the molecule is CCC(C)n1c(SCC(=O)Nc2ccccc2C)nc2ccsc2c1=O. The third-order valence-corrected chi connectivity index (χ3v) is 6.11. The Bertz CT molecular complexity index is 994. The van der Waals surface area contributed by atoms with E-state index in [1.165, 1.54) is 23.1 Å². The molecule has 1 unspecified atom stereocenters. The molecule has 2 aromatic heterocycles. The van der Waals surface area contributed by atoms with E-state index >= 15 is 0 Å². The van der Waals surface area contributed by atoms with Crippen LogP contribution in [0, 0.1) is 6.92 Å². The second-order valence-electron chi connectivity index (χ2n) is 6.11. The van der Waals surface area contributed by atoms with Crippen LogP contribution in [-0.4, -0.2) is 21.2 Å². The van der Waals surface area contributed by atoms with Gasteiger partial charge in [0.05, 0.1) is 11.3 Å². The zero-order valence-electron chi connectivity index (χ0n) is 15.0. The topological polar surface area (TPSA) is 64.0 Å². The summed E-state index contributed by atoms with van der Waals surface area (Å²) >= 11 is 2.71. The molecule has 3 aromatic rings. The minimum Gasteiger partial charge on any atom is -0.325 e. The van der Waals surface area contributed by atoms with E-state index in [9.17, 15) is 9.59 Å². The molecule has 2 heterocycles. The Balaban J connectivity index is 1.83. The van der Waals surface area contributed by atoms with Crippen molar-refractivity contribution < 1.29 is 4.79 Å². The lowest BCUT2D eigenvalue weighted by Gasteiger charge is -2.17. The molecule has 0 saturated heterocycles. The molecule has 1 atom stereocenters. The van der Waals surface area contributed by atoms with Crippen LogP contribution < -0.4 is 10.9 Å². The lowest BCUT2D eigenvalue weighted by Crippen LogP contribution is -2.26. The number of aromatic nitrogens is 2. The molecule has 0 bridgehead atoms. The smallest absolute Gasteiger partial charge is 0.272 e. The first kappa shape index (κ1) is 18.7. The maximum Gasteiger partial charge on any atom is 0.272 e. The van der Waals surface area contributed by atoms with Crippen molar-refractivity contribution in [1.29, 1.82) is 0 Å². The zero-order chi connectivity index (χ0) is 18.7. The summed E-state index contributed by atoms with van der Waals surface area (Å²) in [5, 5.41) is 5.38. The van der Waals surface area contributed by atoms with Crippen molar-refractivity contribution in [3.05, 3.63) is 51.6 Å². The maximum atomic E-state index is 12.8. The molecule has 0 radical (unpaired) electrons. The van der Waals surface area contributed by atoms with E-state index in [0.29, 0.717) is 15.4 Å². The predicted octanol–water partition coefficient (Wildman–Crippen LogP) is 4.47. The van der Waals surface area contributed by atoms with E-state index in [1.807, 2.05) is 56.5 Å². The van der Waals surface area contributed by atoms with Gasteiger partial charge in [0.25, 0.3) is 5.56 Å². The number of amides is 1. The van der Waals surface area contributed by atoms with Gasteiger partial charge in [-0.3, -0.25) is 14.2 Å². The van der Waals surface area contributed by atoms with Gasteiger partial charge in [0.15, 0.2) is 5.16 Å². The number of para-hydroxylation sites is 1. The van der Waals surface area contributed by atoms with Crippen LogP contribution >= 0.6 is 23.1 Å². The van der Waals surface area contributed by atoms with Gasteiger partial charge >= 0.3 is 0 Å². The molecule has 136 valence electrons. The predicted molar refractivity (Wildman–Crippen MR) is 109 cm³/mol. The van der Waals surface area contributed by atoms with E-state index in [2.05, 4.69) is 10.3 Å². The Labute approximate surface area is 160 Å². The lowest BCUT2D eigenvalue weighted by atomic mass is 10.2. The van der Waals surface area contributed by atoms with E-state index in [0.717, 1.165) is 17.7 Å². The van der Waals surface area contributed by atoms with Crippen LogP contribution in [0.2, 0.25) is 0 Å². The number of nitrogens with zero attached hydrogens (tertiary/aromatic N) is 2. The second kappa shape index (κ2) is 8.05. The molecule has 0 aliphatic heterocycles. The molecule has 0 saturated carbocycles. The van der Waals surface area contributed by atoms with Crippen molar-refractivity contribution in [2.45, 2.75) is 38.4 Å². The van der Waals surface area contributed by atoms with Crippen molar-refractivity contribution in [2.75, 3.05) is 11.1 Å². The fourth-order valence-corrected chi connectivity index (χ4v) is 4.27. The van der Waals surface area contributed by atoms with Gasteiger partial charge in [-0.05, 0) is 43.3 Å². The first-order chi connectivity index (χ1) is 12.5. The number of anilines is 1. The summed E-state index contributed by atoms with van der Waals surface area (Å²) in [6.07, 6.45) is 0.821. The van der Waals surface area contributed by atoms with Crippen LogP contribution in [0.1, 0.15) is 31.9 Å². The largest absolute Gasteiger partial charge is 0.325 e. The number of hydrogen-bond acceptors (Lipinski definition) is 5. The van der Waals surface area contributed by atoms with Crippen molar-refractivity contribution in [3.8, 4) is 0 Å². The van der Waals surface area contributed by atoms with E-state index in [4.69, 9.17) is 0 Å². The molecule has 26 heavy (non-hydrogen) atoms. The first-order valence-corrected chi connectivity index (χ1v) is 10.4. The normalized spacial score (nSPS) is 12.3. The molecular weight excluding hydrogens is 366 g/mol. The van der Waals surface area contributed by atoms with Crippen molar-refractivity contribution in [3.63, 3.8) is 0 Å². The van der Waals surface area contributed by atoms with Crippen molar-refractivity contribution in [1.82, 2.24) is 9.55 Å². The molecule has 0 spiro atoms. The Hall–Kier alpha value is -2.12. The number of rotatable bonds is 6. The van der Waals surface area contributed by atoms with E-state index in [-0.39, 0.29) is 23.3 Å². The molecule has 0 aliphatic rings. The monoisotopic (exact) mass is 387 g/mol. The van der Waals surface area contributed by atoms with Gasteiger partial charge in [-0.25, -0.2) is 4.98 Å². The Kier molecular flexibility index (Phi) is 5.78. The van der Waals surface area contributed by atoms with Gasteiger partial charge in [0.2, 0.25) is 5.91 Å². The first-order valence-electron chi connectivity index (χ1n) is 8.49. The van der Waals surface area contributed by atoms with Crippen LogP contribution in [-0.2, 0) is 4.79 Å². The van der Waals surface area contributed by atoms with Crippen LogP contribution in [0.5, 0.6) is 0 Å².